The molecule has 21 heavy (non-hydrogen) atoms. The fourth-order valence-corrected chi connectivity index (χ4v) is 1.61. The van der Waals surface area contributed by atoms with Crippen LogP contribution in [0.5, 0.6) is 0 Å². The monoisotopic (exact) mass is 285 g/mol. The highest BCUT2D eigenvalue weighted by Gasteiger charge is 2.12. The Balaban J connectivity index is 1.74. The number of rotatable bonds is 4. The van der Waals surface area contributed by atoms with Crippen molar-refractivity contribution in [1.29, 1.82) is 0 Å². The van der Waals surface area contributed by atoms with Crippen molar-refractivity contribution in [1.82, 2.24) is 24.7 Å². The summed E-state index contributed by atoms with van der Waals surface area (Å²) in [5.41, 5.74) is 0. The molecule has 0 saturated carbocycles. The summed E-state index contributed by atoms with van der Waals surface area (Å²) in [5, 5.41) is 9.58. The summed E-state index contributed by atoms with van der Waals surface area (Å²) in [5.74, 6) is 0.882. The van der Waals surface area contributed by atoms with Crippen molar-refractivity contribution in [2.75, 3.05) is 10.6 Å². The Morgan fingerprint density at radius 1 is 1.24 bits per heavy atom. The van der Waals surface area contributed by atoms with Gasteiger partial charge < -0.3 is 15.1 Å². The largest absolute Gasteiger partial charge is 0.441 e. The van der Waals surface area contributed by atoms with Crippen molar-refractivity contribution >= 4 is 23.5 Å². The number of carbonyl (C=O) groups excluding carboxylic acids is 1. The van der Waals surface area contributed by atoms with E-state index in [2.05, 4.69) is 30.7 Å². The van der Waals surface area contributed by atoms with Crippen LogP contribution in [0.15, 0.2) is 41.4 Å². The van der Waals surface area contributed by atoms with Crippen LogP contribution in [0, 0.1) is 0 Å². The number of oxazole rings is 1. The minimum absolute atomic E-state index is 0.0326. The first kappa shape index (κ1) is 12.8. The van der Waals surface area contributed by atoms with Crippen LogP contribution in [-0.2, 0) is 7.05 Å². The van der Waals surface area contributed by atoms with Crippen molar-refractivity contribution in [3.63, 3.8) is 0 Å². The summed E-state index contributed by atoms with van der Waals surface area (Å²) in [4.78, 5) is 23.8. The molecule has 3 rings (SSSR count). The molecule has 2 N–H and O–H groups in total. The number of nitrogens with one attached hydrogen (secondary N) is 2. The predicted octanol–water partition coefficient (Wildman–Crippen LogP) is 1.19. The third-order valence-corrected chi connectivity index (χ3v) is 2.58. The van der Waals surface area contributed by atoms with Crippen LogP contribution >= 0.6 is 0 Å². The number of aryl methyl sites for hydroxylation is 1. The third kappa shape index (κ3) is 2.86. The van der Waals surface area contributed by atoms with Crippen LogP contribution in [0.3, 0.4) is 0 Å². The van der Waals surface area contributed by atoms with Gasteiger partial charge in [0.1, 0.15) is 17.9 Å². The first-order chi connectivity index (χ1) is 10.2. The smallest absolute Gasteiger partial charge is 0.312 e. The molecule has 0 aliphatic rings. The van der Waals surface area contributed by atoms with Gasteiger partial charge in [-0.1, -0.05) is 0 Å². The van der Waals surface area contributed by atoms with E-state index >= 15 is 0 Å². The summed E-state index contributed by atoms with van der Waals surface area (Å²) >= 11 is 0. The number of nitrogens with zero attached hydrogens (tertiary/aromatic N) is 5. The Morgan fingerprint density at radius 3 is 2.86 bits per heavy atom. The molecule has 3 aromatic rings. The number of carbonyl (C=O) groups is 1. The van der Waals surface area contributed by atoms with Crippen LogP contribution in [0.4, 0.5) is 17.6 Å². The molecule has 106 valence electrons. The summed E-state index contributed by atoms with van der Waals surface area (Å²) in [7, 11) is 1.79. The van der Waals surface area contributed by atoms with Gasteiger partial charge in [-0.15, -0.1) is 0 Å². The van der Waals surface area contributed by atoms with Crippen molar-refractivity contribution in [3.05, 3.63) is 42.9 Å². The maximum atomic E-state index is 11.8. The van der Waals surface area contributed by atoms with E-state index in [4.69, 9.17) is 4.42 Å². The van der Waals surface area contributed by atoms with E-state index in [1.165, 1.54) is 18.7 Å². The molecule has 0 unspecified atom stereocenters. The van der Waals surface area contributed by atoms with Crippen LogP contribution in [-0.4, -0.2) is 30.6 Å². The van der Waals surface area contributed by atoms with Crippen LogP contribution in [0.2, 0.25) is 0 Å². The van der Waals surface area contributed by atoms with E-state index in [0.29, 0.717) is 11.8 Å². The van der Waals surface area contributed by atoms with Gasteiger partial charge in [0.25, 0.3) is 5.89 Å². The van der Waals surface area contributed by atoms with Gasteiger partial charge in [-0.2, -0.15) is 10.1 Å². The molecule has 0 spiro atoms. The molecule has 1 amide bonds. The molecule has 0 aliphatic heterocycles. The molecule has 0 radical (unpaired) electrons. The first-order valence-electron chi connectivity index (χ1n) is 6.01. The first-order valence-corrected chi connectivity index (χ1v) is 6.01. The highest BCUT2D eigenvalue weighted by molar-refractivity contribution is 6.00. The molecule has 0 aliphatic carbocycles. The topological polar surface area (TPSA) is 111 Å². The van der Waals surface area contributed by atoms with E-state index in [9.17, 15) is 4.79 Å². The van der Waals surface area contributed by atoms with Gasteiger partial charge in [0, 0.05) is 19.3 Å². The molecule has 9 heteroatoms. The Kier molecular flexibility index (Phi) is 3.29. The number of aromatic nitrogens is 5. The maximum absolute atomic E-state index is 11.8. The maximum Gasteiger partial charge on any atom is 0.312 e. The Bertz CT molecular complexity index is 751. The van der Waals surface area contributed by atoms with E-state index in [0.717, 1.165) is 5.82 Å². The SMILES string of the molecule is Cn1nccc1Nc1nccc(NC(=O)c2ncco2)n1. The second-order valence-corrected chi connectivity index (χ2v) is 4.02. The Morgan fingerprint density at radius 2 is 2.14 bits per heavy atom. The highest BCUT2D eigenvalue weighted by Crippen LogP contribution is 2.13. The van der Waals surface area contributed by atoms with Crippen molar-refractivity contribution in [2.24, 2.45) is 7.05 Å². The number of hydrogen-bond acceptors (Lipinski definition) is 7. The van der Waals surface area contributed by atoms with E-state index in [1.807, 2.05) is 0 Å². The van der Waals surface area contributed by atoms with Crippen molar-refractivity contribution in [3.8, 4) is 0 Å². The number of hydrogen-bond donors (Lipinski definition) is 2. The molecule has 0 fully saturated rings. The number of anilines is 3. The fraction of sp³-hybridized carbons (Fsp3) is 0.0833. The Hall–Kier alpha value is -3.23. The molecular formula is C12H11N7O2. The quantitative estimate of drug-likeness (QED) is 0.740. The van der Waals surface area contributed by atoms with Crippen LogP contribution < -0.4 is 10.6 Å². The van der Waals surface area contributed by atoms with Gasteiger partial charge in [0.2, 0.25) is 5.95 Å². The van der Waals surface area contributed by atoms with Crippen LogP contribution in [0.1, 0.15) is 10.7 Å². The molecule has 0 saturated heterocycles. The third-order valence-electron chi connectivity index (χ3n) is 2.58. The van der Waals surface area contributed by atoms with Gasteiger partial charge in [0.05, 0.1) is 12.4 Å². The molecule has 0 aromatic carbocycles. The summed E-state index contributed by atoms with van der Waals surface area (Å²) in [6, 6.07) is 3.34. The molecule has 0 bridgehead atoms. The molecule has 3 aromatic heterocycles. The Labute approximate surface area is 119 Å². The highest BCUT2D eigenvalue weighted by atomic mass is 16.3. The van der Waals surface area contributed by atoms with Crippen molar-refractivity contribution < 1.29 is 9.21 Å². The molecular weight excluding hydrogens is 274 g/mol. The fourth-order valence-electron chi connectivity index (χ4n) is 1.61. The predicted molar refractivity (Wildman–Crippen MR) is 73.0 cm³/mol. The minimum atomic E-state index is -0.481. The molecule has 9 nitrogen and oxygen atoms in total. The lowest BCUT2D eigenvalue weighted by atomic mass is 10.5. The lowest BCUT2D eigenvalue weighted by Crippen LogP contribution is -2.14. The molecule has 3 heterocycles. The van der Waals surface area contributed by atoms with E-state index < -0.39 is 5.91 Å². The zero-order chi connectivity index (χ0) is 14.7. The zero-order valence-electron chi connectivity index (χ0n) is 11.0. The van der Waals surface area contributed by atoms with Gasteiger partial charge >= 0.3 is 5.91 Å². The average molecular weight is 285 g/mol. The lowest BCUT2D eigenvalue weighted by molar-refractivity contribution is 0.0990. The van der Waals surface area contributed by atoms with E-state index in [1.54, 1.807) is 30.1 Å². The molecule has 0 atom stereocenters. The van der Waals surface area contributed by atoms with Gasteiger partial charge in [0.15, 0.2) is 0 Å². The van der Waals surface area contributed by atoms with E-state index in [-0.39, 0.29) is 5.89 Å². The summed E-state index contributed by atoms with van der Waals surface area (Å²) < 4.78 is 6.55. The normalized spacial score (nSPS) is 10.3. The van der Waals surface area contributed by atoms with Gasteiger partial charge in [-0.25, -0.2) is 9.97 Å². The van der Waals surface area contributed by atoms with Gasteiger partial charge in [-0.3, -0.25) is 9.48 Å². The average Bonchev–Trinajstić information content (AvgIpc) is 3.12. The lowest BCUT2D eigenvalue weighted by Gasteiger charge is -2.06. The minimum Gasteiger partial charge on any atom is -0.441 e. The van der Waals surface area contributed by atoms with Gasteiger partial charge in [-0.05, 0) is 6.07 Å². The summed E-state index contributed by atoms with van der Waals surface area (Å²) in [6.45, 7) is 0. The second kappa shape index (κ2) is 5.41. The van der Waals surface area contributed by atoms with Crippen LogP contribution in [0.25, 0.3) is 0 Å². The van der Waals surface area contributed by atoms with Crippen molar-refractivity contribution in [2.45, 2.75) is 0 Å². The standard InChI is InChI=1S/C12H11N7O2/c1-19-9(3-5-15-19)18-12-14-4-2-8(17-12)16-10(20)11-13-6-7-21-11/h2-7H,1H3,(H2,14,16,17,18,20). The zero-order valence-corrected chi connectivity index (χ0v) is 11.0. The summed E-state index contributed by atoms with van der Waals surface area (Å²) in [6.07, 6.45) is 5.89. The second-order valence-electron chi connectivity index (χ2n) is 4.02. The number of amides is 1.